The molecule has 0 aliphatic heterocycles. The molecule has 0 fully saturated rings. The number of carbonyl (C=O) groups excluding carboxylic acids is 1. The van der Waals surface area contributed by atoms with Crippen LogP contribution in [0.4, 0.5) is 0 Å². The Morgan fingerprint density at radius 1 is 1.10 bits per heavy atom. The highest BCUT2D eigenvalue weighted by Crippen LogP contribution is 2.13. The van der Waals surface area contributed by atoms with E-state index in [0.717, 1.165) is 30.4 Å². The molecule has 3 nitrogen and oxygen atoms in total. The second kappa shape index (κ2) is 9.92. The molecule has 0 radical (unpaired) electrons. The van der Waals surface area contributed by atoms with E-state index in [0.29, 0.717) is 5.56 Å². The van der Waals surface area contributed by atoms with E-state index in [9.17, 15) is 4.79 Å². The number of carbonyl (C=O) groups is 1. The molecule has 1 heterocycles. The fraction of sp³-hybridized carbons (Fsp3) is 0.625. The first kappa shape index (κ1) is 17.2. The van der Waals surface area contributed by atoms with Crippen LogP contribution in [-0.2, 0) is 0 Å². The lowest BCUT2D eigenvalue weighted by Gasteiger charge is -2.22. The van der Waals surface area contributed by atoms with Crippen molar-refractivity contribution in [2.45, 2.75) is 52.4 Å². The zero-order valence-electron chi connectivity index (χ0n) is 12.6. The summed E-state index contributed by atoms with van der Waals surface area (Å²) in [4.78, 5) is 18.6. The monoisotopic (exact) mass is 340 g/mol. The lowest BCUT2D eigenvalue weighted by Crippen LogP contribution is -2.33. The highest BCUT2D eigenvalue weighted by molar-refractivity contribution is 9.10. The van der Waals surface area contributed by atoms with Crippen molar-refractivity contribution in [3.05, 3.63) is 28.5 Å². The Balaban J connectivity index is 2.66. The molecule has 0 saturated carbocycles. The summed E-state index contributed by atoms with van der Waals surface area (Å²) < 4.78 is 0.852. The number of unbranched alkanes of at least 4 members (excludes halogenated alkanes) is 4. The number of hydrogen-bond acceptors (Lipinski definition) is 2. The first-order valence-electron chi connectivity index (χ1n) is 7.58. The number of amides is 1. The first-order chi connectivity index (χ1) is 9.69. The lowest BCUT2D eigenvalue weighted by atomic mass is 10.2. The van der Waals surface area contributed by atoms with Gasteiger partial charge in [0.15, 0.2) is 0 Å². The van der Waals surface area contributed by atoms with E-state index in [-0.39, 0.29) is 5.91 Å². The molecule has 1 aromatic rings. The summed E-state index contributed by atoms with van der Waals surface area (Å²) >= 11 is 3.37. The van der Waals surface area contributed by atoms with Crippen LogP contribution in [-0.4, -0.2) is 28.9 Å². The quantitative estimate of drug-likeness (QED) is 0.612. The van der Waals surface area contributed by atoms with Crippen molar-refractivity contribution in [2.24, 2.45) is 0 Å². The third-order valence-corrected chi connectivity index (χ3v) is 3.74. The van der Waals surface area contributed by atoms with Crippen LogP contribution in [0.5, 0.6) is 0 Å². The van der Waals surface area contributed by atoms with E-state index in [4.69, 9.17) is 0 Å². The molecular weight excluding hydrogens is 316 g/mol. The third kappa shape index (κ3) is 6.04. The maximum atomic E-state index is 12.6. The van der Waals surface area contributed by atoms with Gasteiger partial charge in [-0.25, -0.2) is 0 Å². The van der Waals surface area contributed by atoms with Gasteiger partial charge < -0.3 is 4.90 Å². The van der Waals surface area contributed by atoms with Crippen LogP contribution < -0.4 is 0 Å². The topological polar surface area (TPSA) is 33.2 Å². The van der Waals surface area contributed by atoms with Crippen molar-refractivity contribution in [2.75, 3.05) is 13.1 Å². The minimum Gasteiger partial charge on any atom is -0.339 e. The Labute approximate surface area is 130 Å². The standard InChI is InChI=1S/C16H25BrN2O/c1-3-5-7-9-19(10-8-6-4-2)16(20)14-11-15(17)13-18-12-14/h11-13H,3-10H2,1-2H3. The van der Waals surface area contributed by atoms with Crippen molar-refractivity contribution in [1.82, 2.24) is 9.88 Å². The molecule has 112 valence electrons. The van der Waals surface area contributed by atoms with Gasteiger partial charge >= 0.3 is 0 Å². The Hall–Kier alpha value is -0.900. The van der Waals surface area contributed by atoms with Crippen molar-refractivity contribution >= 4 is 21.8 Å². The van der Waals surface area contributed by atoms with Gasteiger partial charge in [-0.1, -0.05) is 39.5 Å². The molecule has 1 aromatic heterocycles. The highest BCUT2D eigenvalue weighted by atomic mass is 79.9. The lowest BCUT2D eigenvalue weighted by molar-refractivity contribution is 0.0749. The highest BCUT2D eigenvalue weighted by Gasteiger charge is 2.15. The van der Waals surface area contributed by atoms with Crippen LogP contribution in [0, 0.1) is 0 Å². The van der Waals surface area contributed by atoms with Gasteiger partial charge in [0, 0.05) is 30.0 Å². The summed E-state index contributed by atoms with van der Waals surface area (Å²) in [5, 5.41) is 0. The predicted molar refractivity (Wildman–Crippen MR) is 86.9 cm³/mol. The molecule has 0 aromatic carbocycles. The molecule has 0 bridgehead atoms. The van der Waals surface area contributed by atoms with Crippen molar-refractivity contribution in [1.29, 1.82) is 0 Å². The molecule has 0 atom stereocenters. The minimum absolute atomic E-state index is 0.103. The van der Waals surface area contributed by atoms with Gasteiger partial charge in [0.25, 0.3) is 5.91 Å². The van der Waals surface area contributed by atoms with E-state index in [1.54, 1.807) is 12.4 Å². The molecule has 20 heavy (non-hydrogen) atoms. The fourth-order valence-corrected chi connectivity index (χ4v) is 2.50. The number of rotatable bonds is 9. The number of aromatic nitrogens is 1. The van der Waals surface area contributed by atoms with Crippen LogP contribution in [0.1, 0.15) is 62.7 Å². The average Bonchev–Trinajstić information content (AvgIpc) is 2.45. The second-order valence-corrected chi connectivity index (χ2v) is 6.01. The molecule has 0 N–H and O–H groups in total. The Morgan fingerprint density at radius 2 is 1.70 bits per heavy atom. The number of halogens is 1. The third-order valence-electron chi connectivity index (χ3n) is 3.30. The fourth-order valence-electron chi connectivity index (χ4n) is 2.13. The summed E-state index contributed by atoms with van der Waals surface area (Å²) in [6, 6.07) is 1.85. The van der Waals surface area contributed by atoms with Crippen LogP contribution in [0.2, 0.25) is 0 Å². The molecule has 4 heteroatoms. The molecule has 0 unspecified atom stereocenters. The Morgan fingerprint density at radius 3 is 2.20 bits per heavy atom. The van der Waals surface area contributed by atoms with Gasteiger partial charge in [-0.05, 0) is 34.8 Å². The van der Waals surface area contributed by atoms with Crippen LogP contribution >= 0.6 is 15.9 Å². The van der Waals surface area contributed by atoms with Gasteiger partial charge in [-0.15, -0.1) is 0 Å². The minimum atomic E-state index is 0.103. The van der Waals surface area contributed by atoms with Crippen molar-refractivity contribution in [3.8, 4) is 0 Å². The largest absolute Gasteiger partial charge is 0.339 e. The molecule has 1 rings (SSSR count). The van der Waals surface area contributed by atoms with E-state index in [2.05, 4.69) is 34.8 Å². The van der Waals surface area contributed by atoms with E-state index in [1.165, 1.54) is 25.7 Å². The van der Waals surface area contributed by atoms with Gasteiger partial charge in [0.05, 0.1) is 5.56 Å². The van der Waals surface area contributed by atoms with Crippen molar-refractivity contribution < 1.29 is 4.79 Å². The number of hydrogen-bond donors (Lipinski definition) is 0. The maximum Gasteiger partial charge on any atom is 0.255 e. The smallest absolute Gasteiger partial charge is 0.255 e. The molecule has 0 saturated heterocycles. The van der Waals surface area contributed by atoms with E-state index in [1.807, 2.05) is 11.0 Å². The molecule has 0 aliphatic carbocycles. The summed E-state index contributed by atoms with van der Waals surface area (Å²) in [6.07, 6.45) is 10.2. The SMILES string of the molecule is CCCCCN(CCCCC)C(=O)c1cncc(Br)c1. The molecule has 0 spiro atoms. The summed E-state index contributed by atoms with van der Waals surface area (Å²) in [7, 11) is 0. The van der Waals surface area contributed by atoms with E-state index >= 15 is 0 Å². The number of nitrogens with zero attached hydrogens (tertiary/aromatic N) is 2. The molecular formula is C16H25BrN2O. The van der Waals surface area contributed by atoms with Crippen LogP contribution in [0.15, 0.2) is 22.9 Å². The van der Waals surface area contributed by atoms with Crippen LogP contribution in [0.25, 0.3) is 0 Å². The second-order valence-electron chi connectivity index (χ2n) is 5.10. The van der Waals surface area contributed by atoms with Crippen molar-refractivity contribution in [3.63, 3.8) is 0 Å². The first-order valence-corrected chi connectivity index (χ1v) is 8.38. The number of pyridine rings is 1. The molecule has 0 aliphatic rings. The van der Waals surface area contributed by atoms with Gasteiger partial charge in [0.1, 0.15) is 0 Å². The zero-order chi connectivity index (χ0) is 14.8. The molecule has 1 amide bonds. The zero-order valence-corrected chi connectivity index (χ0v) is 14.2. The Bertz CT molecular complexity index is 399. The normalized spacial score (nSPS) is 10.6. The maximum absolute atomic E-state index is 12.6. The van der Waals surface area contributed by atoms with Gasteiger partial charge in [-0.3, -0.25) is 9.78 Å². The van der Waals surface area contributed by atoms with Gasteiger partial charge in [0.2, 0.25) is 0 Å². The van der Waals surface area contributed by atoms with E-state index < -0.39 is 0 Å². The summed E-state index contributed by atoms with van der Waals surface area (Å²) in [5.41, 5.74) is 0.673. The summed E-state index contributed by atoms with van der Waals surface area (Å²) in [5.74, 6) is 0.103. The summed E-state index contributed by atoms with van der Waals surface area (Å²) in [6.45, 7) is 6.06. The average molecular weight is 341 g/mol. The predicted octanol–water partition coefficient (Wildman–Crippen LogP) is 4.67. The Kier molecular flexibility index (Phi) is 8.51. The van der Waals surface area contributed by atoms with Gasteiger partial charge in [-0.2, -0.15) is 0 Å². The van der Waals surface area contributed by atoms with Crippen LogP contribution in [0.3, 0.4) is 0 Å².